The van der Waals surface area contributed by atoms with Gasteiger partial charge in [-0.15, -0.1) is 0 Å². The minimum atomic E-state index is 0.125. The molecule has 0 heterocycles. The molecule has 1 N–H and O–H groups in total. The topological polar surface area (TPSA) is 29.5 Å². The lowest BCUT2D eigenvalue weighted by atomic mass is 10.2. The van der Waals surface area contributed by atoms with Gasteiger partial charge >= 0.3 is 0 Å². The van der Waals surface area contributed by atoms with Crippen LogP contribution < -0.4 is 4.74 Å². The maximum absolute atomic E-state index is 9.63. The molecule has 88 valence electrons. The first-order chi connectivity index (χ1) is 8.15. The van der Waals surface area contributed by atoms with Crippen LogP contribution in [0.25, 0.3) is 0 Å². The molecular formula is C13H10Cl2O2. The highest BCUT2D eigenvalue weighted by Gasteiger charge is 2.03. The first-order valence-corrected chi connectivity index (χ1v) is 5.76. The van der Waals surface area contributed by atoms with Gasteiger partial charge in [-0.05, 0) is 30.3 Å². The van der Waals surface area contributed by atoms with Crippen LogP contribution >= 0.6 is 23.2 Å². The molecule has 0 radical (unpaired) electrons. The van der Waals surface area contributed by atoms with Gasteiger partial charge in [0.25, 0.3) is 0 Å². The Morgan fingerprint density at radius 3 is 2.47 bits per heavy atom. The Morgan fingerprint density at radius 2 is 1.76 bits per heavy atom. The van der Waals surface area contributed by atoms with Gasteiger partial charge in [-0.25, -0.2) is 0 Å². The van der Waals surface area contributed by atoms with Crippen molar-refractivity contribution in [1.29, 1.82) is 0 Å². The molecule has 2 aromatic carbocycles. The van der Waals surface area contributed by atoms with E-state index in [1.165, 1.54) is 6.07 Å². The fraction of sp³-hybridized carbons (Fsp3) is 0.0769. The molecular weight excluding hydrogens is 259 g/mol. The first-order valence-electron chi connectivity index (χ1n) is 5.01. The molecule has 0 aliphatic rings. The number of hydrogen-bond donors (Lipinski definition) is 1. The molecule has 2 aromatic rings. The van der Waals surface area contributed by atoms with Crippen molar-refractivity contribution in [3.63, 3.8) is 0 Å². The van der Waals surface area contributed by atoms with Gasteiger partial charge in [0.1, 0.15) is 18.1 Å². The van der Waals surface area contributed by atoms with Crippen LogP contribution in [0.2, 0.25) is 10.0 Å². The lowest BCUT2D eigenvalue weighted by molar-refractivity contribution is 0.299. The van der Waals surface area contributed by atoms with Crippen molar-refractivity contribution in [2.24, 2.45) is 0 Å². The second-order valence-corrected chi connectivity index (χ2v) is 4.39. The number of aromatic hydroxyl groups is 1. The zero-order valence-electron chi connectivity index (χ0n) is 8.86. The lowest BCUT2D eigenvalue weighted by Gasteiger charge is -2.08. The lowest BCUT2D eigenvalue weighted by Crippen LogP contribution is -1.95. The molecule has 0 unspecified atom stereocenters. The van der Waals surface area contributed by atoms with Gasteiger partial charge in [0.05, 0.1) is 0 Å². The molecule has 17 heavy (non-hydrogen) atoms. The molecule has 4 heteroatoms. The molecule has 0 aliphatic heterocycles. The van der Waals surface area contributed by atoms with Gasteiger partial charge < -0.3 is 9.84 Å². The van der Waals surface area contributed by atoms with Crippen LogP contribution in [0.4, 0.5) is 0 Å². The molecule has 0 spiro atoms. The van der Waals surface area contributed by atoms with Gasteiger partial charge in [-0.1, -0.05) is 35.3 Å². The number of hydrogen-bond acceptors (Lipinski definition) is 2. The zero-order valence-corrected chi connectivity index (χ0v) is 10.4. The Balaban J connectivity index is 2.07. The predicted molar refractivity (Wildman–Crippen MR) is 68.9 cm³/mol. The molecule has 0 aliphatic carbocycles. The monoisotopic (exact) mass is 268 g/mol. The van der Waals surface area contributed by atoms with Gasteiger partial charge in [0.2, 0.25) is 0 Å². The first kappa shape index (κ1) is 12.1. The second-order valence-electron chi connectivity index (χ2n) is 3.52. The average Bonchev–Trinajstić information content (AvgIpc) is 2.28. The third-order valence-corrected chi connectivity index (χ3v) is 2.71. The Hall–Kier alpha value is -1.38. The Kier molecular flexibility index (Phi) is 3.77. The fourth-order valence-electron chi connectivity index (χ4n) is 1.38. The van der Waals surface area contributed by atoms with E-state index in [9.17, 15) is 5.11 Å². The van der Waals surface area contributed by atoms with Gasteiger partial charge in [-0.3, -0.25) is 0 Å². The highest BCUT2D eigenvalue weighted by atomic mass is 35.5. The fourth-order valence-corrected chi connectivity index (χ4v) is 1.72. The second kappa shape index (κ2) is 5.30. The van der Waals surface area contributed by atoms with Crippen molar-refractivity contribution in [3.05, 3.63) is 58.1 Å². The minimum absolute atomic E-state index is 0.125. The van der Waals surface area contributed by atoms with Gasteiger partial charge in [-0.2, -0.15) is 0 Å². The summed E-state index contributed by atoms with van der Waals surface area (Å²) < 4.78 is 5.51. The van der Waals surface area contributed by atoms with Crippen LogP contribution in [0, 0.1) is 0 Å². The smallest absolute Gasteiger partial charge is 0.123 e. The number of phenols is 1. The van der Waals surface area contributed by atoms with Crippen molar-refractivity contribution in [1.82, 2.24) is 0 Å². The Bertz CT molecular complexity index is 527. The van der Waals surface area contributed by atoms with Gasteiger partial charge in [0, 0.05) is 15.6 Å². The highest BCUT2D eigenvalue weighted by Crippen LogP contribution is 2.24. The van der Waals surface area contributed by atoms with E-state index >= 15 is 0 Å². The molecule has 0 bridgehead atoms. The molecule has 0 saturated carbocycles. The van der Waals surface area contributed by atoms with Gasteiger partial charge in [0.15, 0.2) is 0 Å². The number of ether oxygens (including phenoxy) is 1. The van der Waals surface area contributed by atoms with Crippen LogP contribution in [0.15, 0.2) is 42.5 Å². The maximum Gasteiger partial charge on any atom is 0.123 e. The van der Waals surface area contributed by atoms with Crippen molar-refractivity contribution in [2.45, 2.75) is 6.61 Å². The largest absolute Gasteiger partial charge is 0.507 e. The van der Waals surface area contributed by atoms with E-state index in [-0.39, 0.29) is 12.4 Å². The summed E-state index contributed by atoms with van der Waals surface area (Å²) in [7, 11) is 0. The maximum atomic E-state index is 9.63. The van der Waals surface area contributed by atoms with Crippen molar-refractivity contribution >= 4 is 23.2 Å². The van der Waals surface area contributed by atoms with Crippen LogP contribution in [-0.4, -0.2) is 5.11 Å². The molecule has 0 fully saturated rings. The van der Waals surface area contributed by atoms with E-state index < -0.39 is 0 Å². The van der Waals surface area contributed by atoms with Crippen LogP contribution in [0.3, 0.4) is 0 Å². The number of phenolic OH excluding ortho intramolecular Hbond substituents is 1. The summed E-state index contributed by atoms with van der Waals surface area (Å²) in [5.41, 5.74) is 0.675. The zero-order chi connectivity index (χ0) is 12.3. The van der Waals surface area contributed by atoms with Crippen molar-refractivity contribution < 1.29 is 9.84 Å². The number of halogens is 2. The third kappa shape index (κ3) is 3.29. The summed E-state index contributed by atoms with van der Waals surface area (Å²) in [5, 5.41) is 10.7. The van der Waals surface area contributed by atoms with E-state index in [0.717, 1.165) is 0 Å². The van der Waals surface area contributed by atoms with Crippen LogP contribution in [0.1, 0.15) is 5.56 Å². The van der Waals surface area contributed by atoms with Crippen LogP contribution in [-0.2, 0) is 6.61 Å². The number of benzene rings is 2. The van der Waals surface area contributed by atoms with Crippen molar-refractivity contribution in [3.8, 4) is 11.5 Å². The average molecular weight is 269 g/mol. The predicted octanol–water partition coefficient (Wildman–Crippen LogP) is 4.28. The summed E-state index contributed by atoms with van der Waals surface area (Å²) in [5.74, 6) is 0.784. The van der Waals surface area contributed by atoms with E-state index in [0.29, 0.717) is 21.4 Å². The Labute approximate surface area is 109 Å². The molecule has 0 aromatic heterocycles. The van der Waals surface area contributed by atoms with Crippen molar-refractivity contribution in [2.75, 3.05) is 0 Å². The summed E-state index contributed by atoms with van der Waals surface area (Å²) in [6.45, 7) is 0.267. The summed E-state index contributed by atoms with van der Waals surface area (Å²) in [4.78, 5) is 0. The van der Waals surface area contributed by atoms with E-state index in [4.69, 9.17) is 27.9 Å². The minimum Gasteiger partial charge on any atom is -0.507 e. The molecule has 0 saturated heterocycles. The molecule has 0 amide bonds. The molecule has 0 atom stereocenters. The molecule has 2 nitrogen and oxygen atoms in total. The Morgan fingerprint density at radius 1 is 1.00 bits per heavy atom. The SMILES string of the molecule is Oc1cc(Cl)ccc1COc1cccc(Cl)c1. The third-order valence-electron chi connectivity index (χ3n) is 2.24. The quantitative estimate of drug-likeness (QED) is 0.901. The standard InChI is InChI=1S/C13H10Cl2O2/c14-10-2-1-3-12(6-10)17-8-9-4-5-11(15)7-13(9)16/h1-7,16H,8H2. The number of rotatable bonds is 3. The molecule has 2 rings (SSSR count). The van der Waals surface area contributed by atoms with Crippen LogP contribution in [0.5, 0.6) is 11.5 Å². The normalized spacial score (nSPS) is 10.2. The summed E-state index contributed by atoms with van der Waals surface area (Å²) >= 11 is 11.6. The highest BCUT2D eigenvalue weighted by molar-refractivity contribution is 6.31. The van der Waals surface area contributed by atoms with E-state index in [2.05, 4.69) is 0 Å². The summed E-state index contributed by atoms with van der Waals surface area (Å²) in [6.07, 6.45) is 0. The summed E-state index contributed by atoms with van der Waals surface area (Å²) in [6, 6.07) is 12.0. The van der Waals surface area contributed by atoms with E-state index in [1.807, 2.05) is 0 Å². The van der Waals surface area contributed by atoms with E-state index in [1.54, 1.807) is 36.4 Å².